The first-order valence-electron chi connectivity index (χ1n) is 10.2. The van der Waals surface area contributed by atoms with Gasteiger partial charge >= 0.3 is 7.12 Å². The van der Waals surface area contributed by atoms with Gasteiger partial charge in [-0.05, 0) is 61.0 Å². The summed E-state index contributed by atoms with van der Waals surface area (Å²) in [5.41, 5.74) is 2.96. The minimum Gasteiger partial charge on any atom is -0.508 e. The van der Waals surface area contributed by atoms with Gasteiger partial charge in [0.05, 0.1) is 23.6 Å². The van der Waals surface area contributed by atoms with Crippen LogP contribution in [0.2, 0.25) is 0 Å². The lowest BCUT2D eigenvalue weighted by molar-refractivity contribution is -0.123. The maximum absolute atomic E-state index is 13.4. The minimum absolute atomic E-state index is 0.118. The number of carbonyl (C=O) groups excluding carboxylic acids is 2. The average Bonchev–Trinajstić information content (AvgIpc) is 2.98. The van der Waals surface area contributed by atoms with E-state index in [-0.39, 0.29) is 23.5 Å². The number of phenols is 1. The zero-order valence-electron chi connectivity index (χ0n) is 16.6. The summed E-state index contributed by atoms with van der Waals surface area (Å²) in [6.07, 6.45) is 0.443. The van der Waals surface area contributed by atoms with Crippen molar-refractivity contribution in [3.05, 3.63) is 71.2 Å². The van der Waals surface area contributed by atoms with Gasteiger partial charge in [-0.2, -0.15) is 0 Å². The molecule has 2 heterocycles. The Morgan fingerprint density at radius 1 is 1.03 bits per heavy atom. The molecule has 152 valence electrons. The molecule has 7 heteroatoms. The Labute approximate surface area is 174 Å². The van der Waals surface area contributed by atoms with Crippen LogP contribution in [0, 0.1) is 17.8 Å². The molecule has 2 aromatic rings. The Kier molecular flexibility index (Phi) is 4.52. The van der Waals surface area contributed by atoms with E-state index in [4.69, 9.17) is 4.65 Å². The fraction of sp³-hybridized carbons (Fsp3) is 0.304. The van der Waals surface area contributed by atoms with Crippen LogP contribution in [0.5, 0.6) is 5.75 Å². The molecule has 4 atom stereocenters. The summed E-state index contributed by atoms with van der Waals surface area (Å²) < 4.78 is 5.87. The van der Waals surface area contributed by atoms with Crippen LogP contribution in [-0.4, -0.2) is 29.1 Å². The van der Waals surface area contributed by atoms with Gasteiger partial charge in [-0.25, -0.2) is 0 Å². The molecule has 5 rings (SSSR count). The molecule has 2 fully saturated rings. The number of carbonyl (C=O) groups is 2. The zero-order chi connectivity index (χ0) is 21.0. The Morgan fingerprint density at radius 2 is 1.80 bits per heavy atom. The van der Waals surface area contributed by atoms with E-state index in [0.29, 0.717) is 18.5 Å². The van der Waals surface area contributed by atoms with Crippen LogP contribution in [-0.2, 0) is 14.2 Å². The van der Waals surface area contributed by atoms with Crippen LogP contribution < -0.4 is 4.90 Å². The summed E-state index contributed by atoms with van der Waals surface area (Å²) >= 11 is 0. The second-order valence-electron chi connectivity index (χ2n) is 8.33. The van der Waals surface area contributed by atoms with Crippen molar-refractivity contribution in [1.29, 1.82) is 0 Å². The average molecular weight is 403 g/mol. The number of aromatic hydroxyl groups is 1. The molecule has 3 aliphatic rings. The highest BCUT2D eigenvalue weighted by Crippen LogP contribution is 2.51. The van der Waals surface area contributed by atoms with E-state index in [2.05, 4.69) is 0 Å². The number of benzene rings is 2. The number of rotatable bonds is 2. The fourth-order valence-electron chi connectivity index (χ4n) is 5.33. The fourth-order valence-corrected chi connectivity index (χ4v) is 5.33. The first-order chi connectivity index (χ1) is 14.5. The van der Waals surface area contributed by atoms with Crippen LogP contribution in [0.1, 0.15) is 31.4 Å². The highest BCUT2D eigenvalue weighted by molar-refractivity contribution is 6.53. The Morgan fingerprint density at radius 3 is 2.53 bits per heavy atom. The molecule has 0 unspecified atom stereocenters. The third-order valence-electron chi connectivity index (χ3n) is 6.61. The van der Waals surface area contributed by atoms with Gasteiger partial charge in [0, 0.05) is 0 Å². The maximum atomic E-state index is 13.4. The van der Waals surface area contributed by atoms with Gasteiger partial charge in [-0.1, -0.05) is 35.9 Å². The minimum atomic E-state index is -1.13. The molecule has 0 saturated carbocycles. The van der Waals surface area contributed by atoms with Crippen molar-refractivity contribution in [3.8, 4) is 5.75 Å². The van der Waals surface area contributed by atoms with Crippen molar-refractivity contribution in [2.45, 2.75) is 25.9 Å². The van der Waals surface area contributed by atoms with Gasteiger partial charge in [0.25, 0.3) is 0 Å². The molecule has 2 amide bonds. The number of fused-ring (bicyclic) bond motifs is 3. The highest BCUT2D eigenvalue weighted by Gasteiger charge is 2.57. The summed E-state index contributed by atoms with van der Waals surface area (Å²) in [6.45, 7) is 1.91. The number of phenolic OH excluding ortho intramolecular Hbond substituents is 1. The third kappa shape index (κ3) is 2.89. The number of imide groups is 1. The molecule has 2 N–H and O–H groups in total. The number of hydrogen-bond acceptors (Lipinski definition) is 5. The molecular weight excluding hydrogens is 381 g/mol. The van der Waals surface area contributed by atoms with Crippen molar-refractivity contribution >= 4 is 24.6 Å². The second kappa shape index (κ2) is 7.11. The molecule has 0 spiro atoms. The standard InChI is InChI=1S/C23H22BNO5/c1-13-10-18-20(23(28)25(22(18)27)15-7-3-2-4-8-15)17-12-19(30-24(29)21(13)17)14-6-5-9-16(26)11-14/h2-9,11,17-20,26,29H,10,12H2,1H3/t17-,18-,19-,20+/m0/s1. The van der Waals surface area contributed by atoms with E-state index in [0.717, 1.165) is 16.6 Å². The van der Waals surface area contributed by atoms with Crippen LogP contribution in [0.4, 0.5) is 5.69 Å². The first-order valence-corrected chi connectivity index (χ1v) is 10.2. The van der Waals surface area contributed by atoms with Crippen molar-refractivity contribution in [3.63, 3.8) is 0 Å². The van der Waals surface area contributed by atoms with Gasteiger partial charge in [-0.15, -0.1) is 0 Å². The predicted molar refractivity (Wildman–Crippen MR) is 111 cm³/mol. The molecule has 2 aliphatic heterocycles. The molecular formula is C23H22BNO5. The SMILES string of the molecule is CC1=C2B(O)O[C@H](c3cccc(O)c3)C[C@H]2[C@H]2C(=O)N(c3ccccc3)C(=O)[C@H]2C1. The number of hydrogen-bond donors (Lipinski definition) is 2. The predicted octanol–water partition coefficient (Wildman–Crippen LogP) is 3.02. The van der Waals surface area contributed by atoms with Crippen molar-refractivity contribution in [2.24, 2.45) is 17.8 Å². The van der Waals surface area contributed by atoms with E-state index in [1.165, 1.54) is 4.90 Å². The number of para-hydroxylation sites is 1. The molecule has 1 aliphatic carbocycles. The molecule has 0 radical (unpaired) electrons. The van der Waals surface area contributed by atoms with Gasteiger partial charge < -0.3 is 14.8 Å². The van der Waals surface area contributed by atoms with Crippen LogP contribution in [0.15, 0.2) is 65.6 Å². The highest BCUT2D eigenvalue weighted by atomic mass is 16.5. The van der Waals surface area contributed by atoms with Gasteiger partial charge in [-0.3, -0.25) is 14.5 Å². The van der Waals surface area contributed by atoms with E-state index in [1.807, 2.05) is 31.2 Å². The molecule has 0 bridgehead atoms. The van der Waals surface area contributed by atoms with Gasteiger partial charge in [0.2, 0.25) is 11.8 Å². The molecule has 2 saturated heterocycles. The Balaban J connectivity index is 1.53. The summed E-state index contributed by atoms with van der Waals surface area (Å²) in [6, 6.07) is 15.7. The monoisotopic (exact) mass is 403 g/mol. The second-order valence-corrected chi connectivity index (χ2v) is 8.33. The number of amides is 2. The summed E-state index contributed by atoms with van der Waals surface area (Å²) in [5, 5.41) is 20.6. The first kappa shape index (κ1) is 19.1. The summed E-state index contributed by atoms with van der Waals surface area (Å²) in [7, 11) is -1.13. The molecule has 30 heavy (non-hydrogen) atoms. The van der Waals surface area contributed by atoms with Gasteiger partial charge in [0.15, 0.2) is 0 Å². The zero-order valence-corrected chi connectivity index (χ0v) is 16.6. The van der Waals surface area contributed by atoms with E-state index >= 15 is 0 Å². The van der Waals surface area contributed by atoms with E-state index in [1.54, 1.807) is 30.3 Å². The Bertz CT molecular complexity index is 1050. The quantitative estimate of drug-likeness (QED) is 0.595. The molecule has 6 nitrogen and oxygen atoms in total. The van der Waals surface area contributed by atoms with Crippen molar-refractivity contribution < 1.29 is 24.4 Å². The number of nitrogens with zero attached hydrogens (tertiary/aromatic N) is 1. The lowest BCUT2D eigenvalue weighted by Gasteiger charge is -2.41. The van der Waals surface area contributed by atoms with Crippen molar-refractivity contribution in [2.75, 3.05) is 4.90 Å². The largest absolute Gasteiger partial charge is 0.508 e. The number of anilines is 1. The van der Waals surface area contributed by atoms with E-state index < -0.39 is 25.1 Å². The smallest absolute Gasteiger partial charge is 0.487 e. The van der Waals surface area contributed by atoms with Crippen LogP contribution in [0.25, 0.3) is 0 Å². The normalized spacial score (nSPS) is 28.6. The lowest BCUT2D eigenvalue weighted by atomic mass is 9.55. The molecule has 0 aromatic heterocycles. The Hall–Kier alpha value is -2.90. The number of allylic oxidation sites excluding steroid dienone is 2. The van der Waals surface area contributed by atoms with Gasteiger partial charge in [0.1, 0.15) is 5.75 Å². The third-order valence-corrected chi connectivity index (χ3v) is 6.61. The van der Waals surface area contributed by atoms with Crippen LogP contribution in [0.3, 0.4) is 0 Å². The van der Waals surface area contributed by atoms with E-state index in [9.17, 15) is 19.7 Å². The summed E-state index contributed by atoms with van der Waals surface area (Å²) in [5.74, 6) is -1.51. The van der Waals surface area contributed by atoms with Crippen molar-refractivity contribution in [1.82, 2.24) is 0 Å². The summed E-state index contributed by atoms with van der Waals surface area (Å²) in [4.78, 5) is 27.9. The van der Waals surface area contributed by atoms with Crippen LogP contribution >= 0.6 is 0 Å². The molecule has 2 aromatic carbocycles. The lowest BCUT2D eigenvalue weighted by Crippen LogP contribution is -2.44. The topological polar surface area (TPSA) is 87.1 Å². The maximum Gasteiger partial charge on any atom is 0.487 e.